The summed E-state index contributed by atoms with van der Waals surface area (Å²) in [5.74, 6) is -0.697. The lowest BCUT2D eigenvalue weighted by Crippen LogP contribution is -2.48. The molecule has 2 amide bonds. The average molecular weight is 296 g/mol. The average Bonchev–Trinajstić information content (AvgIpc) is 2.18. The Morgan fingerprint density at radius 1 is 1.29 bits per heavy atom. The van der Waals surface area contributed by atoms with Crippen LogP contribution in [-0.4, -0.2) is 11.8 Å². The second-order valence-corrected chi connectivity index (χ2v) is 5.89. The SMILES string of the molecule is CC1(C)CC(=O)NC(=O)C1c1ccccc1Br. The first-order valence-corrected chi connectivity index (χ1v) is 6.29. The van der Waals surface area contributed by atoms with Crippen LogP contribution in [-0.2, 0) is 9.59 Å². The summed E-state index contributed by atoms with van der Waals surface area (Å²) in [6, 6.07) is 7.65. The lowest BCUT2D eigenvalue weighted by molar-refractivity contribution is -0.138. The first kappa shape index (κ1) is 12.3. The van der Waals surface area contributed by atoms with Crippen molar-refractivity contribution in [2.75, 3.05) is 0 Å². The zero-order valence-electron chi connectivity index (χ0n) is 9.79. The number of benzene rings is 1. The second-order valence-electron chi connectivity index (χ2n) is 5.03. The van der Waals surface area contributed by atoms with Crippen LogP contribution in [0.5, 0.6) is 0 Å². The van der Waals surface area contributed by atoms with Crippen LogP contribution >= 0.6 is 15.9 Å². The van der Waals surface area contributed by atoms with Crippen LogP contribution < -0.4 is 5.32 Å². The molecule has 1 aliphatic rings. The van der Waals surface area contributed by atoms with E-state index in [2.05, 4.69) is 21.2 Å². The molecule has 0 bridgehead atoms. The Kier molecular flexibility index (Phi) is 3.08. The normalized spacial score (nSPS) is 23.4. The minimum atomic E-state index is -0.358. The van der Waals surface area contributed by atoms with Crippen LogP contribution in [0.4, 0.5) is 0 Å². The molecule has 1 fully saturated rings. The topological polar surface area (TPSA) is 46.2 Å². The maximum atomic E-state index is 12.0. The van der Waals surface area contributed by atoms with E-state index in [-0.39, 0.29) is 23.1 Å². The molecule has 0 radical (unpaired) electrons. The van der Waals surface area contributed by atoms with Crippen molar-refractivity contribution in [1.29, 1.82) is 0 Å². The number of hydrogen-bond acceptors (Lipinski definition) is 2. The fraction of sp³-hybridized carbons (Fsp3) is 0.385. The van der Waals surface area contributed by atoms with Gasteiger partial charge in [0.05, 0.1) is 5.92 Å². The number of piperidine rings is 1. The smallest absolute Gasteiger partial charge is 0.234 e. The quantitative estimate of drug-likeness (QED) is 0.810. The van der Waals surface area contributed by atoms with Crippen molar-refractivity contribution < 1.29 is 9.59 Å². The molecular formula is C13H14BrNO2. The summed E-state index contributed by atoms with van der Waals surface area (Å²) in [6.45, 7) is 3.90. The Bertz CT molecular complexity index is 482. The number of imide groups is 1. The van der Waals surface area contributed by atoms with E-state index in [9.17, 15) is 9.59 Å². The Hall–Kier alpha value is -1.16. The standard InChI is InChI=1S/C13H14BrNO2/c1-13(2)7-10(16)15-12(17)11(13)8-5-3-4-6-9(8)14/h3-6,11H,7H2,1-2H3,(H,15,16,17). The molecule has 0 spiro atoms. The van der Waals surface area contributed by atoms with Crippen molar-refractivity contribution in [2.45, 2.75) is 26.2 Å². The number of nitrogens with one attached hydrogen (secondary N) is 1. The molecule has 0 aromatic heterocycles. The molecule has 1 atom stereocenters. The summed E-state index contributed by atoms with van der Waals surface area (Å²) in [5, 5.41) is 2.41. The molecule has 17 heavy (non-hydrogen) atoms. The van der Waals surface area contributed by atoms with Crippen molar-refractivity contribution in [3.63, 3.8) is 0 Å². The van der Waals surface area contributed by atoms with Crippen LogP contribution in [0.3, 0.4) is 0 Å². The van der Waals surface area contributed by atoms with Crippen molar-refractivity contribution in [1.82, 2.24) is 5.32 Å². The van der Waals surface area contributed by atoms with E-state index >= 15 is 0 Å². The Labute approximate surface area is 109 Å². The van der Waals surface area contributed by atoms with Gasteiger partial charge in [-0.05, 0) is 17.0 Å². The lowest BCUT2D eigenvalue weighted by Gasteiger charge is -2.37. The van der Waals surface area contributed by atoms with Gasteiger partial charge in [-0.3, -0.25) is 14.9 Å². The second kappa shape index (κ2) is 4.26. The number of carbonyl (C=O) groups excluding carboxylic acids is 2. The highest BCUT2D eigenvalue weighted by atomic mass is 79.9. The van der Waals surface area contributed by atoms with E-state index < -0.39 is 0 Å². The first-order valence-electron chi connectivity index (χ1n) is 5.50. The molecular weight excluding hydrogens is 282 g/mol. The third-order valence-electron chi connectivity index (χ3n) is 3.14. The lowest BCUT2D eigenvalue weighted by atomic mass is 9.70. The predicted octanol–water partition coefficient (Wildman–Crippen LogP) is 2.61. The van der Waals surface area contributed by atoms with Crippen LogP contribution in [0.15, 0.2) is 28.7 Å². The zero-order valence-corrected chi connectivity index (χ0v) is 11.4. The minimum Gasteiger partial charge on any atom is -0.296 e. The van der Waals surface area contributed by atoms with Gasteiger partial charge in [0.25, 0.3) is 0 Å². The molecule has 2 rings (SSSR count). The number of rotatable bonds is 1. The zero-order chi connectivity index (χ0) is 12.6. The van der Waals surface area contributed by atoms with Gasteiger partial charge in [-0.15, -0.1) is 0 Å². The van der Waals surface area contributed by atoms with Gasteiger partial charge in [0.2, 0.25) is 11.8 Å². The van der Waals surface area contributed by atoms with E-state index in [1.54, 1.807) is 0 Å². The van der Waals surface area contributed by atoms with Gasteiger partial charge in [-0.2, -0.15) is 0 Å². The van der Waals surface area contributed by atoms with E-state index in [1.165, 1.54) is 0 Å². The molecule has 0 saturated carbocycles. The van der Waals surface area contributed by atoms with Crippen molar-refractivity contribution in [3.05, 3.63) is 34.3 Å². The molecule has 3 nitrogen and oxygen atoms in total. The fourth-order valence-electron chi connectivity index (χ4n) is 2.40. The molecule has 90 valence electrons. The molecule has 1 N–H and O–H groups in total. The fourth-order valence-corrected chi connectivity index (χ4v) is 2.91. The molecule has 1 unspecified atom stereocenters. The van der Waals surface area contributed by atoms with Gasteiger partial charge in [-0.25, -0.2) is 0 Å². The Morgan fingerprint density at radius 2 is 1.94 bits per heavy atom. The van der Waals surface area contributed by atoms with Gasteiger partial charge in [0, 0.05) is 10.9 Å². The number of carbonyl (C=O) groups is 2. The Morgan fingerprint density at radius 3 is 2.53 bits per heavy atom. The van der Waals surface area contributed by atoms with Gasteiger partial charge in [-0.1, -0.05) is 48.0 Å². The van der Waals surface area contributed by atoms with Gasteiger partial charge >= 0.3 is 0 Å². The third-order valence-corrected chi connectivity index (χ3v) is 3.86. The molecule has 4 heteroatoms. The maximum Gasteiger partial charge on any atom is 0.234 e. The summed E-state index contributed by atoms with van der Waals surface area (Å²) < 4.78 is 0.905. The van der Waals surface area contributed by atoms with Crippen molar-refractivity contribution in [2.24, 2.45) is 5.41 Å². The van der Waals surface area contributed by atoms with Crippen LogP contribution in [0, 0.1) is 5.41 Å². The van der Waals surface area contributed by atoms with Crippen molar-refractivity contribution >= 4 is 27.7 Å². The highest BCUT2D eigenvalue weighted by Crippen LogP contribution is 2.43. The highest BCUT2D eigenvalue weighted by molar-refractivity contribution is 9.10. The van der Waals surface area contributed by atoms with Crippen LogP contribution in [0.2, 0.25) is 0 Å². The summed E-state index contributed by atoms with van der Waals surface area (Å²) >= 11 is 3.46. The number of amides is 2. The first-order chi connectivity index (χ1) is 7.92. The minimum absolute atomic E-state index is 0.191. The van der Waals surface area contributed by atoms with Crippen molar-refractivity contribution in [3.8, 4) is 0 Å². The molecule has 1 aliphatic heterocycles. The van der Waals surface area contributed by atoms with E-state index in [1.807, 2.05) is 38.1 Å². The van der Waals surface area contributed by atoms with Crippen LogP contribution in [0.1, 0.15) is 31.7 Å². The molecule has 1 heterocycles. The summed E-state index contributed by atoms with van der Waals surface area (Å²) in [6.07, 6.45) is 0.366. The van der Waals surface area contributed by atoms with Gasteiger partial charge in [0.1, 0.15) is 0 Å². The number of hydrogen-bond donors (Lipinski definition) is 1. The monoisotopic (exact) mass is 295 g/mol. The summed E-state index contributed by atoms with van der Waals surface area (Å²) in [5.41, 5.74) is 0.575. The Balaban J connectivity index is 2.46. The summed E-state index contributed by atoms with van der Waals surface area (Å²) in [7, 11) is 0. The molecule has 1 aromatic carbocycles. The predicted molar refractivity (Wildman–Crippen MR) is 68.4 cm³/mol. The third kappa shape index (κ3) is 2.27. The van der Waals surface area contributed by atoms with E-state index in [0.717, 1.165) is 10.0 Å². The van der Waals surface area contributed by atoms with Crippen LogP contribution in [0.25, 0.3) is 0 Å². The van der Waals surface area contributed by atoms with Gasteiger partial charge in [0.15, 0.2) is 0 Å². The number of halogens is 1. The van der Waals surface area contributed by atoms with E-state index in [4.69, 9.17) is 0 Å². The molecule has 0 aliphatic carbocycles. The van der Waals surface area contributed by atoms with Gasteiger partial charge < -0.3 is 0 Å². The molecule has 1 aromatic rings. The summed E-state index contributed by atoms with van der Waals surface area (Å²) in [4.78, 5) is 23.4. The molecule has 1 saturated heterocycles. The largest absolute Gasteiger partial charge is 0.296 e. The van der Waals surface area contributed by atoms with E-state index in [0.29, 0.717) is 6.42 Å². The maximum absolute atomic E-state index is 12.0. The highest BCUT2D eigenvalue weighted by Gasteiger charge is 2.43.